The molecule has 3 aromatic rings. The SMILES string of the molecule is Cc1ccccc1C(=O)NCc1cccnc1-c1ccsc1. The second kappa shape index (κ2) is 6.54. The number of nitrogens with one attached hydrogen (secondary N) is 1. The molecule has 0 radical (unpaired) electrons. The molecular weight excluding hydrogens is 292 g/mol. The number of benzene rings is 1. The van der Waals surface area contributed by atoms with Crippen LogP contribution in [0.15, 0.2) is 59.4 Å². The Balaban J connectivity index is 1.78. The molecule has 0 unspecified atom stereocenters. The first-order valence-corrected chi connectivity index (χ1v) is 8.00. The van der Waals surface area contributed by atoms with Crippen molar-refractivity contribution in [1.29, 1.82) is 0 Å². The molecule has 4 heteroatoms. The van der Waals surface area contributed by atoms with Crippen molar-refractivity contribution in [1.82, 2.24) is 10.3 Å². The summed E-state index contributed by atoms with van der Waals surface area (Å²) in [5.74, 6) is -0.0572. The molecule has 22 heavy (non-hydrogen) atoms. The number of nitrogens with zero attached hydrogens (tertiary/aromatic N) is 1. The van der Waals surface area contributed by atoms with Crippen LogP contribution in [0.25, 0.3) is 11.3 Å². The van der Waals surface area contributed by atoms with Crippen molar-refractivity contribution in [2.45, 2.75) is 13.5 Å². The van der Waals surface area contributed by atoms with Crippen molar-refractivity contribution < 1.29 is 4.79 Å². The zero-order chi connectivity index (χ0) is 15.4. The standard InChI is InChI=1S/C18H16N2OS/c1-13-5-2-3-7-16(13)18(21)20-11-14-6-4-9-19-17(14)15-8-10-22-12-15/h2-10,12H,11H2,1H3,(H,20,21). The second-order valence-electron chi connectivity index (χ2n) is 5.02. The Labute approximate surface area is 133 Å². The highest BCUT2D eigenvalue weighted by Gasteiger charge is 2.10. The molecule has 0 bridgehead atoms. The highest BCUT2D eigenvalue weighted by molar-refractivity contribution is 7.08. The maximum Gasteiger partial charge on any atom is 0.251 e. The summed E-state index contributed by atoms with van der Waals surface area (Å²) in [4.78, 5) is 16.8. The van der Waals surface area contributed by atoms with Gasteiger partial charge in [-0.1, -0.05) is 24.3 Å². The van der Waals surface area contributed by atoms with Crippen molar-refractivity contribution in [2.75, 3.05) is 0 Å². The molecule has 2 heterocycles. The minimum Gasteiger partial charge on any atom is -0.348 e. The number of thiophene rings is 1. The van der Waals surface area contributed by atoms with E-state index in [9.17, 15) is 4.79 Å². The molecule has 0 atom stereocenters. The van der Waals surface area contributed by atoms with Crippen LogP contribution in [-0.2, 0) is 6.54 Å². The minimum atomic E-state index is -0.0572. The molecule has 3 rings (SSSR count). The van der Waals surface area contributed by atoms with Crippen LogP contribution in [0.1, 0.15) is 21.5 Å². The number of amides is 1. The van der Waals surface area contributed by atoms with Crippen LogP contribution in [0.3, 0.4) is 0 Å². The molecule has 0 saturated carbocycles. The molecular formula is C18H16N2OS. The van der Waals surface area contributed by atoms with Gasteiger partial charge in [-0.25, -0.2) is 0 Å². The molecule has 0 spiro atoms. The molecule has 110 valence electrons. The minimum absolute atomic E-state index is 0.0572. The molecule has 0 fully saturated rings. The number of carbonyl (C=O) groups is 1. The third-order valence-electron chi connectivity index (χ3n) is 3.51. The average molecular weight is 308 g/mol. The number of hydrogen-bond donors (Lipinski definition) is 1. The first kappa shape index (κ1) is 14.5. The van der Waals surface area contributed by atoms with Crippen molar-refractivity contribution in [3.8, 4) is 11.3 Å². The molecule has 0 aliphatic heterocycles. The van der Waals surface area contributed by atoms with E-state index in [-0.39, 0.29) is 5.91 Å². The van der Waals surface area contributed by atoms with E-state index in [0.717, 1.165) is 22.4 Å². The van der Waals surface area contributed by atoms with E-state index in [1.165, 1.54) is 0 Å². The van der Waals surface area contributed by atoms with E-state index in [1.807, 2.05) is 54.8 Å². The second-order valence-corrected chi connectivity index (χ2v) is 5.80. The molecule has 1 N–H and O–H groups in total. The van der Waals surface area contributed by atoms with Crippen LogP contribution >= 0.6 is 11.3 Å². The van der Waals surface area contributed by atoms with Crippen molar-refractivity contribution in [2.24, 2.45) is 0 Å². The van der Waals surface area contributed by atoms with E-state index in [0.29, 0.717) is 12.1 Å². The fraction of sp³-hybridized carbons (Fsp3) is 0.111. The molecule has 0 aliphatic carbocycles. The number of aryl methyl sites for hydroxylation is 1. The van der Waals surface area contributed by atoms with Gasteiger partial charge in [0.2, 0.25) is 0 Å². The van der Waals surface area contributed by atoms with Gasteiger partial charge < -0.3 is 5.32 Å². The van der Waals surface area contributed by atoms with E-state index in [1.54, 1.807) is 17.5 Å². The number of rotatable bonds is 4. The first-order valence-electron chi connectivity index (χ1n) is 7.06. The van der Waals surface area contributed by atoms with Gasteiger partial charge in [0.25, 0.3) is 5.91 Å². The Hall–Kier alpha value is -2.46. The molecule has 3 nitrogen and oxygen atoms in total. The average Bonchev–Trinajstić information content (AvgIpc) is 3.07. The van der Waals surface area contributed by atoms with Crippen LogP contribution in [0.4, 0.5) is 0 Å². The largest absolute Gasteiger partial charge is 0.348 e. The predicted octanol–water partition coefficient (Wildman–Crippen LogP) is 4.05. The Bertz CT molecular complexity index is 781. The summed E-state index contributed by atoms with van der Waals surface area (Å²) in [5, 5.41) is 7.07. The highest BCUT2D eigenvalue weighted by Crippen LogP contribution is 2.23. The summed E-state index contributed by atoms with van der Waals surface area (Å²) in [6, 6.07) is 13.5. The summed E-state index contributed by atoms with van der Waals surface area (Å²) in [7, 11) is 0. The summed E-state index contributed by atoms with van der Waals surface area (Å²) < 4.78 is 0. The van der Waals surface area contributed by atoms with Gasteiger partial charge in [0, 0.05) is 29.2 Å². The fourth-order valence-electron chi connectivity index (χ4n) is 2.34. The topological polar surface area (TPSA) is 42.0 Å². The van der Waals surface area contributed by atoms with Crippen LogP contribution < -0.4 is 5.32 Å². The quantitative estimate of drug-likeness (QED) is 0.790. The van der Waals surface area contributed by atoms with Gasteiger partial charge in [0.05, 0.1) is 5.69 Å². The monoisotopic (exact) mass is 308 g/mol. The lowest BCUT2D eigenvalue weighted by Crippen LogP contribution is -2.24. The lowest BCUT2D eigenvalue weighted by atomic mass is 10.1. The molecule has 1 amide bonds. The lowest BCUT2D eigenvalue weighted by Gasteiger charge is -2.10. The van der Waals surface area contributed by atoms with Crippen molar-refractivity contribution in [3.05, 3.63) is 76.1 Å². The van der Waals surface area contributed by atoms with Gasteiger partial charge in [-0.05, 0) is 41.6 Å². The molecule has 0 aliphatic rings. The van der Waals surface area contributed by atoms with E-state index in [2.05, 4.69) is 15.7 Å². The Morgan fingerprint density at radius 3 is 2.82 bits per heavy atom. The maximum atomic E-state index is 12.3. The highest BCUT2D eigenvalue weighted by atomic mass is 32.1. The van der Waals surface area contributed by atoms with Gasteiger partial charge in [-0.3, -0.25) is 9.78 Å². The van der Waals surface area contributed by atoms with Gasteiger partial charge in [-0.2, -0.15) is 11.3 Å². The van der Waals surface area contributed by atoms with Crippen LogP contribution in [0.2, 0.25) is 0 Å². The summed E-state index contributed by atoms with van der Waals surface area (Å²) in [6.45, 7) is 2.40. The van der Waals surface area contributed by atoms with E-state index in [4.69, 9.17) is 0 Å². The van der Waals surface area contributed by atoms with E-state index < -0.39 is 0 Å². The number of carbonyl (C=O) groups excluding carboxylic acids is 1. The van der Waals surface area contributed by atoms with Gasteiger partial charge in [-0.15, -0.1) is 0 Å². The Kier molecular flexibility index (Phi) is 4.30. The summed E-state index contributed by atoms with van der Waals surface area (Å²) in [6.07, 6.45) is 1.78. The third-order valence-corrected chi connectivity index (χ3v) is 4.20. The van der Waals surface area contributed by atoms with Crippen LogP contribution in [-0.4, -0.2) is 10.9 Å². The van der Waals surface area contributed by atoms with Crippen molar-refractivity contribution >= 4 is 17.2 Å². The van der Waals surface area contributed by atoms with Crippen LogP contribution in [0, 0.1) is 6.92 Å². The van der Waals surface area contributed by atoms with Gasteiger partial charge >= 0.3 is 0 Å². The van der Waals surface area contributed by atoms with E-state index >= 15 is 0 Å². The maximum absolute atomic E-state index is 12.3. The number of hydrogen-bond acceptors (Lipinski definition) is 3. The van der Waals surface area contributed by atoms with Crippen molar-refractivity contribution in [3.63, 3.8) is 0 Å². The molecule has 2 aromatic heterocycles. The number of pyridine rings is 1. The van der Waals surface area contributed by atoms with Gasteiger partial charge in [0.1, 0.15) is 0 Å². The number of aromatic nitrogens is 1. The zero-order valence-corrected chi connectivity index (χ0v) is 13.1. The third kappa shape index (κ3) is 3.07. The predicted molar refractivity (Wildman–Crippen MR) is 89.9 cm³/mol. The summed E-state index contributed by atoms with van der Waals surface area (Å²) in [5.41, 5.74) is 4.72. The normalized spacial score (nSPS) is 10.4. The Morgan fingerprint density at radius 1 is 1.18 bits per heavy atom. The molecule has 0 saturated heterocycles. The Morgan fingerprint density at radius 2 is 2.05 bits per heavy atom. The van der Waals surface area contributed by atoms with Crippen LogP contribution in [0.5, 0.6) is 0 Å². The fourth-order valence-corrected chi connectivity index (χ4v) is 2.98. The van der Waals surface area contributed by atoms with Gasteiger partial charge in [0.15, 0.2) is 0 Å². The molecule has 1 aromatic carbocycles. The zero-order valence-electron chi connectivity index (χ0n) is 12.2. The lowest BCUT2D eigenvalue weighted by molar-refractivity contribution is 0.0950. The smallest absolute Gasteiger partial charge is 0.251 e. The first-order chi connectivity index (χ1) is 10.8. The summed E-state index contributed by atoms with van der Waals surface area (Å²) >= 11 is 1.64.